The number of anilines is 2. The number of hydrogen-bond acceptors (Lipinski definition) is 6. The highest BCUT2D eigenvalue weighted by Crippen LogP contribution is 2.35. The Labute approximate surface area is 150 Å². The summed E-state index contributed by atoms with van der Waals surface area (Å²) in [5, 5.41) is 19.5. The number of nitrogens with zero attached hydrogens (tertiary/aromatic N) is 3. The van der Waals surface area contributed by atoms with Gasteiger partial charge in [-0.2, -0.15) is 0 Å². The second-order valence-electron chi connectivity index (χ2n) is 6.78. The molecule has 0 spiro atoms. The number of hydrogen-bond donors (Lipinski definition) is 3. The van der Waals surface area contributed by atoms with Crippen LogP contribution in [-0.2, 0) is 4.65 Å². The molecule has 3 N–H and O–H groups in total. The van der Waals surface area contributed by atoms with Crippen LogP contribution < -0.4 is 10.2 Å². The molecule has 9 heteroatoms. The van der Waals surface area contributed by atoms with E-state index in [1.807, 2.05) is 6.07 Å². The summed E-state index contributed by atoms with van der Waals surface area (Å²) in [5.74, 6) is 0. The number of likely N-dealkylation sites (tertiary alicyclic amines) is 1. The molecule has 2 aliphatic rings. The molecular weight excluding hydrogens is 316 g/mol. The number of nitrogens with one attached hydrogen (secondary N) is 2. The molecule has 0 amide bonds. The Morgan fingerprint density at radius 3 is 2.84 bits per heavy atom. The molecule has 7 nitrogen and oxygen atoms in total. The summed E-state index contributed by atoms with van der Waals surface area (Å²) in [6, 6.07) is 7.49. The van der Waals surface area contributed by atoms with Crippen molar-refractivity contribution in [2.45, 2.75) is 32.3 Å². The van der Waals surface area contributed by atoms with Crippen molar-refractivity contribution in [3.63, 3.8) is 0 Å². The highest BCUT2D eigenvalue weighted by atomic mass is 16.4. The van der Waals surface area contributed by atoms with E-state index in [1.165, 1.54) is 25.2 Å². The zero-order valence-corrected chi connectivity index (χ0v) is 14.9. The maximum Gasteiger partial charge on any atom is 0.448 e. The fraction of sp³-hybridized carbons (Fsp3) is 0.500. The third-order valence-corrected chi connectivity index (χ3v) is 4.87. The fourth-order valence-corrected chi connectivity index (χ4v) is 3.76. The highest BCUT2D eigenvalue weighted by Gasteiger charge is 2.41. The molecule has 1 radical (unpaired) electrons. The first kappa shape index (κ1) is 17.8. The van der Waals surface area contributed by atoms with Crippen molar-refractivity contribution in [3.8, 4) is 0 Å². The first-order valence-electron chi connectivity index (χ1n) is 8.56. The van der Waals surface area contributed by atoms with Crippen molar-refractivity contribution >= 4 is 38.0 Å². The number of likely N-dealkylation sites (N-methyl/N-ethyl adjacent to an activating group) is 1. The highest BCUT2D eigenvalue weighted by molar-refractivity contribution is 6.75. The van der Waals surface area contributed by atoms with Gasteiger partial charge in [0.2, 0.25) is 0 Å². The largest absolute Gasteiger partial charge is 0.548 e. The van der Waals surface area contributed by atoms with Gasteiger partial charge in [0.25, 0.3) is 0 Å². The van der Waals surface area contributed by atoms with Crippen molar-refractivity contribution < 1.29 is 9.68 Å². The van der Waals surface area contributed by atoms with Crippen LogP contribution in [0.5, 0.6) is 0 Å². The minimum atomic E-state index is -0.856. The average molecular weight is 340 g/mol. The van der Waals surface area contributed by atoms with Crippen molar-refractivity contribution in [1.29, 1.82) is 5.41 Å². The molecule has 2 heterocycles. The van der Waals surface area contributed by atoms with Gasteiger partial charge in [-0.25, -0.2) is 0 Å². The summed E-state index contributed by atoms with van der Waals surface area (Å²) < 4.78 is 4.85. The monoisotopic (exact) mass is 340 g/mol. The van der Waals surface area contributed by atoms with E-state index in [9.17, 15) is 5.02 Å². The molecule has 2 aliphatic heterocycles. The van der Waals surface area contributed by atoms with Gasteiger partial charge in [-0.1, -0.05) is 0 Å². The van der Waals surface area contributed by atoms with Gasteiger partial charge >= 0.3 is 14.5 Å². The Balaban J connectivity index is 1.72. The van der Waals surface area contributed by atoms with E-state index in [2.05, 4.69) is 46.1 Å². The van der Waals surface area contributed by atoms with Crippen LogP contribution in [0.15, 0.2) is 23.1 Å². The number of piperazine rings is 1. The molecule has 2 bridgehead atoms. The van der Waals surface area contributed by atoms with Crippen LogP contribution in [-0.4, -0.2) is 68.8 Å². The third-order valence-electron chi connectivity index (χ3n) is 4.87. The minimum absolute atomic E-state index is 0.368. The van der Waals surface area contributed by atoms with Crippen LogP contribution in [0, 0.1) is 12.3 Å². The topological polar surface area (TPSA) is 84.2 Å². The van der Waals surface area contributed by atoms with E-state index in [4.69, 9.17) is 10.1 Å². The Morgan fingerprint density at radius 2 is 2.28 bits per heavy atom. The summed E-state index contributed by atoms with van der Waals surface area (Å²) in [6.07, 6.45) is 2.06. The van der Waals surface area contributed by atoms with E-state index >= 15 is 0 Å². The summed E-state index contributed by atoms with van der Waals surface area (Å²) in [4.78, 5) is 9.00. The van der Waals surface area contributed by atoms with Crippen molar-refractivity contribution in [1.82, 2.24) is 4.90 Å². The van der Waals surface area contributed by atoms with Gasteiger partial charge in [0.15, 0.2) is 0 Å². The van der Waals surface area contributed by atoms with Crippen molar-refractivity contribution in [2.75, 3.05) is 30.4 Å². The fourth-order valence-electron chi connectivity index (χ4n) is 3.76. The van der Waals surface area contributed by atoms with Crippen molar-refractivity contribution in [3.05, 3.63) is 23.8 Å². The van der Waals surface area contributed by atoms with Crippen LogP contribution in [0.3, 0.4) is 0 Å². The van der Waals surface area contributed by atoms with Crippen LogP contribution in [0.1, 0.15) is 12.0 Å². The Morgan fingerprint density at radius 1 is 1.48 bits per heavy atom. The molecule has 25 heavy (non-hydrogen) atoms. The molecule has 2 fully saturated rings. The second kappa shape index (κ2) is 7.49. The van der Waals surface area contributed by atoms with E-state index in [1.54, 1.807) is 6.82 Å². The Bertz CT molecular complexity index is 668. The van der Waals surface area contributed by atoms with Gasteiger partial charge in [0.1, 0.15) is 6.40 Å². The lowest BCUT2D eigenvalue weighted by atomic mass is 9.87. The molecule has 0 aliphatic carbocycles. The predicted octanol–water partition coefficient (Wildman–Crippen LogP) is 1.01. The average Bonchev–Trinajstić information content (AvgIpc) is 3.11. The quantitative estimate of drug-likeness (QED) is 0.409. The maximum atomic E-state index is 9.45. The molecule has 1 aromatic carbocycles. The van der Waals surface area contributed by atoms with E-state index < -0.39 is 7.05 Å². The second-order valence-corrected chi connectivity index (χ2v) is 6.78. The van der Waals surface area contributed by atoms with E-state index in [0.717, 1.165) is 25.2 Å². The normalized spacial score (nSPS) is 22.9. The molecule has 2 saturated heterocycles. The van der Waals surface area contributed by atoms with Crippen molar-refractivity contribution in [2.24, 2.45) is 4.90 Å². The minimum Gasteiger partial charge on any atom is -0.548 e. The van der Waals surface area contributed by atoms with Gasteiger partial charge in [-0.05, 0) is 51.0 Å². The van der Waals surface area contributed by atoms with Gasteiger partial charge in [-0.15, -0.1) is 0 Å². The number of fused-ring (bicyclic) bond motifs is 2. The van der Waals surface area contributed by atoms with E-state index in [0.29, 0.717) is 17.8 Å². The van der Waals surface area contributed by atoms with Crippen LogP contribution in [0.4, 0.5) is 11.4 Å². The smallest absolute Gasteiger partial charge is 0.448 e. The van der Waals surface area contributed by atoms with Gasteiger partial charge in [-0.3, -0.25) is 10.3 Å². The van der Waals surface area contributed by atoms with Crippen LogP contribution in [0.2, 0.25) is 6.82 Å². The SMILES string of the molecule is CB(O)N=C([B]OC=N)Nc1ccc(N2CC3CC2CN3C)c(C)c1. The maximum absolute atomic E-state index is 9.45. The number of benzene rings is 1. The summed E-state index contributed by atoms with van der Waals surface area (Å²) in [6.45, 7) is 5.89. The zero-order chi connectivity index (χ0) is 18.0. The lowest BCUT2D eigenvalue weighted by Crippen LogP contribution is -2.44. The van der Waals surface area contributed by atoms with Crippen LogP contribution in [0.25, 0.3) is 0 Å². The third kappa shape index (κ3) is 3.99. The van der Waals surface area contributed by atoms with Gasteiger partial charge in [0.05, 0.1) is 5.73 Å². The molecular formula is C16H24B2N5O2. The standard InChI is InChI=1S/C16H24B2N5O2/c1-11-6-12(20-16(17-25-10-19)21-18(2)24)4-5-15(11)23-9-13-7-14(23)8-22(13)3/h4-6,10,13-14,19,24H,7-9H2,1-3H3,(H,20,21). The number of rotatable bonds is 6. The van der Waals surface area contributed by atoms with E-state index in [-0.39, 0.29) is 0 Å². The molecule has 131 valence electrons. The lowest BCUT2D eigenvalue weighted by molar-refractivity contribution is 0.292. The van der Waals surface area contributed by atoms with Gasteiger partial charge < -0.3 is 24.8 Å². The number of aryl methyl sites for hydroxylation is 1. The molecule has 2 atom stereocenters. The van der Waals surface area contributed by atoms with Gasteiger partial charge in [0, 0.05) is 36.5 Å². The predicted molar refractivity (Wildman–Crippen MR) is 104 cm³/mol. The first-order valence-corrected chi connectivity index (χ1v) is 8.56. The lowest BCUT2D eigenvalue weighted by Gasteiger charge is -2.34. The first-order chi connectivity index (χ1) is 12.0. The summed E-state index contributed by atoms with van der Waals surface area (Å²) in [5.41, 5.74) is 3.71. The zero-order valence-electron chi connectivity index (χ0n) is 14.9. The molecule has 0 aromatic heterocycles. The Hall–Kier alpha value is -1.99. The van der Waals surface area contributed by atoms with Crippen LogP contribution >= 0.6 is 0 Å². The molecule has 1 aromatic rings. The Kier molecular flexibility index (Phi) is 5.34. The summed E-state index contributed by atoms with van der Waals surface area (Å²) in [7, 11) is 2.65. The summed E-state index contributed by atoms with van der Waals surface area (Å²) >= 11 is 0. The molecule has 2 unspecified atom stereocenters. The number of amidine groups is 1. The molecule has 0 saturated carbocycles. The molecule has 3 rings (SSSR count).